The molecule has 2 rings (SSSR count). The van der Waals surface area contributed by atoms with Crippen molar-refractivity contribution in [3.8, 4) is 0 Å². The van der Waals surface area contributed by atoms with Crippen molar-refractivity contribution in [2.24, 2.45) is 16.6 Å². The molecule has 0 aromatic heterocycles. The van der Waals surface area contributed by atoms with Crippen LogP contribution >= 0.6 is 0 Å². The van der Waals surface area contributed by atoms with Crippen molar-refractivity contribution in [3.63, 3.8) is 0 Å². The lowest BCUT2D eigenvalue weighted by atomic mass is 9.96. The summed E-state index contributed by atoms with van der Waals surface area (Å²) in [6, 6.07) is 10.9. The summed E-state index contributed by atoms with van der Waals surface area (Å²) in [5.74, 6) is 1.41. The van der Waals surface area contributed by atoms with Crippen LogP contribution < -0.4 is 5.73 Å². The molecular weight excluding hydrogens is 172 g/mol. The van der Waals surface area contributed by atoms with E-state index >= 15 is 0 Å². The van der Waals surface area contributed by atoms with E-state index in [1.165, 1.54) is 5.56 Å². The Morgan fingerprint density at radius 3 is 2.64 bits per heavy atom. The summed E-state index contributed by atoms with van der Waals surface area (Å²) in [5.41, 5.74) is 7.07. The van der Waals surface area contributed by atoms with Crippen LogP contribution in [0.5, 0.6) is 0 Å². The zero-order valence-electron chi connectivity index (χ0n) is 8.48. The summed E-state index contributed by atoms with van der Waals surface area (Å²) in [5, 5.41) is 0. The van der Waals surface area contributed by atoms with Crippen LogP contribution in [-0.4, -0.2) is 11.9 Å². The minimum Gasteiger partial charge on any atom is -0.387 e. The summed E-state index contributed by atoms with van der Waals surface area (Å²) < 4.78 is 0. The highest BCUT2D eigenvalue weighted by Crippen LogP contribution is 2.22. The number of rotatable bonds is 2. The van der Waals surface area contributed by atoms with Gasteiger partial charge in [-0.15, -0.1) is 0 Å². The highest BCUT2D eigenvalue weighted by molar-refractivity contribution is 5.82. The average Bonchev–Trinajstić information content (AvgIpc) is 2.47. The predicted molar refractivity (Wildman–Crippen MR) is 59.3 cm³/mol. The molecule has 2 N–H and O–H groups in total. The molecule has 0 saturated heterocycles. The van der Waals surface area contributed by atoms with Gasteiger partial charge in [0, 0.05) is 6.42 Å². The maximum Gasteiger partial charge on any atom is 0.0944 e. The molecule has 2 heteroatoms. The van der Waals surface area contributed by atoms with Crippen molar-refractivity contribution in [2.75, 3.05) is 0 Å². The monoisotopic (exact) mass is 188 g/mol. The largest absolute Gasteiger partial charge is 0.387 e. The number of aliphatic imine (C=N–C) groups is 1. The molecule has 2 nitrogen and oxygen atoms in total. The van der Waals surface area contributed by atoms with Crippen LogP contribution in [-0.2, 0) is 6.42 Å². The van der Waals surface area contributed by atoms with Gasteiger partial charge in [-0.2, -0.15) is 0 Å². The third-order valence-corrected chi connectivity index (χ3v) is 2.81. The summed E-state index contributed by atoms with van der Waals surface area (Å²) in [7, 11) is 0. The van der Waals surface area contributed by atoms with Crippen molar-refractivity contribution in [1.29, 1.82) is 0 Å². The Morgan fingerprint density at radius 1 is 1.36 bits per heavy atom. The Labute approximate surface area is 84.9 Å². The van der Waals surface area contributed by atoms with Gasteiger partial charge in [-0.05, 0) is 17.9 Å². The Balaban J connectivity index is 2.05. The van der Waals surface area contributed by atoms with E-state index in [9.17, 15) is 0 Å². The zero-order chi connectivity index (χ0) is 9.97. The molecule has 0 bridgehead atoms. The van der Waals surface area contributed by atoms with Crippen molar-refractivity contribution in [1.82, 2.24) is 0 Å². The van der Waals surface area contributed by atoms with E-state index < -0.39 is 0 Å². The normalized spacial score (nSPS) is 26.2. The highest BCUT2D eigenvalue weighted by Gasteiger charge is 2.23. The minimum absolute atomic E-state index is 0.386. The van der Waals surface area contributed by atoms with Crippen LogP contribution in [0.1, 0.15) is 18.9 Å². The van der Waals surface area contributed by atoms with E-state index in [1.807, 2.05) is 6.07 Å². The van der Waals surface area contributed by atoms with E-state index in [2.05, 4.69) is 36.2 Å². The number of amidine groups is 1. The van der Waals surface area contributed by atoms with Crippen LogP contribution in [0.3, 0.4) is 0 Å². The fourth-order valence-corrected chi connectivity index (χ4v) is 1.96. The van der Waals surface area contributed by atoms with Gasteiger partial charge in [-0.3, -0.25) is 4.99 Å². The van der Waals surface area contributed by atoms with Crippen LogP contribution in [0.25, 0.3) is 0 Å². The maximum absolute atomic E-state index is 5.72. The van der Waals surface area contributed by atoms with Gasteiger partial charge in [0.1, 0.15) is 0 Å². The standard InChI is InChI=1S/C12H16N2/c1-9-7-12(13)14-11(9)8-10-5-3-2-4-6-10/h2-6,9,11H,7-8H2,1H3,(H2,13,14)/t9-,11-/m1/s1. The van der Waals surface area contributed by atoms with Crippen molar-refractivity contribution >= 4 is 5.84 Å². The number of hydrogen-bond acceptors (Lipinski definition) is 2. The van der Waals surface area contributed by atoms with Crippen LogP contribution in [0.15, 0.2) is 35.3 Å². The molecule has 0 saturated carbocycles. The summed E-state index contributed by atoms with van der Waals surface area (Å²) >= 11 is 0. The van der Waals surface area contributed by atoms with Gasteiger partial charge in [0.2, 0.25) is 0 Å². The fourth-order valence-electron chi connectivity index (χ4n) is 1.96. The molecule has 0 spiro atoms. The molecule has 1 aliphatic rings. The second-order valence-corrected chi connectivity index (χ2v) is 4.06. The molecule has 74 valence electrons. The van der Waals surface area contributed by atoms with Crippen molar-refractivity contribution < 1.29 is 0 Å². The first-order valence-corrected chi connectivity index (χ1v) is 5.12. The molecule has 0 amide bonds. The second kappa shape index (κ2) is 3.82. The fraction of sp³-hybridized carbons (Fsp3) is 0.417. The van der Waals surface area contributed by atoms with Gasteiger partial charge in [0.05, 0.1) is 11.9 Å². The van der Waals surface area contributed by atoms with E-state index in [1.54, 1.807) is 0 Å². The lowest BCUT2D eigenvalue weighted by molar-refractivity contribution is 0.502. The van der Waals surface area contributed by atoms with E-state index in [0.29, 0.717) is 12.0 Å². The van der Waals surface area contributed by atoms with Crippen molar-refractivity contribution in [2.45, 2.75) is 25.8 Å². The molecule has 0 fully saturated rings. The molecule has 1 aromatic carbocycles. The Kier molecular flexibility index (Phi) is 2.53. The van der Waals surface area contributed by atoms with Crippen LogP contribution in [0.4, 0.5) is 0 Å². The Hall–Kier alpha value is -1.31. The summed E-state index contributed by atoms with van der Waals surface area (Å²) in [6.45, 7) is 2.22. The quantitative estimate of drug-likeness (QED) is 0.757. The molecule has 1 aromatic rings. The van der Waals surface area contributed by atoms with E-state index in [-0.39, 0.29) is 0 Å². The molecule has 0 unspecified atom stereocenters. The lowest BCUT2D eigenvalue weighted by Gasteiger charge is -2.12. The summed E-state index contributed by atoms with van der Waals surface area (Å²) in [6.07, 6.45) is 1.97. The number of nitrogens with zero attached hydrogens (tertiary/aromatic N) is 1. The SMILES string of the molecule is C[C@@H]1CC(N)=N[C@@H]1Cc1ccccc1. The maximum atomic E-state index is 5.72. The molecule has 2 atom stereocenters. The van der Waals surface area contributed by atoms with Crippen molar-refractivity contribution in [3.05, 3.63) is 35.9 Å². The zero-order valence-corrected chi connectivity index (χ0v) is 8.48. The smallest absolute Gasteiger partial charge is 0.0944 e. The lowest BCUT2D eigenvalue weighted by Crippen LogP contribution is -2.13. The predicted octanol–water partition coefficient (Wildman–Crippen LogP) is 1.99. The van der Waals surface area contributed by atoms with Crippen LogP contribution in [0.2, 0.25) is 0 Å². The first-order valence-electron chi connectivity index (χ1n) is 5.12. The third kappa shape index (κ3) is 1.95. The van der Waals surface area contributed by atoms with Gasteiger partial charge in [-0.1, -0.05) is 37.3 Å². The Bertz CT molecular complexity index is 329. The first kappa shape index (κ1) is 9.25. The number of nitrogens with two attached hydrogens (primary N) is 1. The van der Waals surface area contributed by atoms with Gasteiger partial charge < -0.3 is 5.73 Å². The van der Waals surface area contributed by atoms with Gasteiger partial charge >= 0.3 is 0 Å². The summed E-state index contributed by atoms with van der Waals surface area (Å²) in [4.78, 5) is 4.46. The highest BCUT2D eigenvalue weighted by atomic mass is 14.9. The average molecular weight is 188 g/mol. The molecule has 0 radical (unpaired) electrons. The van der Waals surface area contributed by atoms with Gasteiger partial charge in [0.25, 0.3) is 0 Å². The number of benzene rings is 1. The minimum atomic E-state index is 0.386. The molecule has 1 heterocycles. The molecular formula is C12H16N2. The third-order valence-electron chi connectivity index (χ3n) is 2.81. The Morgan fingerprint density at radius 2 is 2.07 bits per heavy atom. The van der Waals surface area contributed by atoms with E-state index in [0.717, 1.165) is 18.7 Å². The molecule has 1 aliphatic heterocycles. The topological polar surface area (TPSA) is 38.4 Å². The second-order valence-electron chi connectivity index (χ2n) is 4.06. The number of hydrogen-bond donors (Lipinski definition) is 1. The molecule has 0 aliphatic carbocycles. The molecule has 14 heavy (non-hydrogen) atoms. The first-order chi connectivity index (χ1) is 6.75. The van der Waals surface area contributed by atoms with E-state index in [4.69, 9.17) is 5.73 Å². The van der Waals surface area contributed by atoms with Gasteiger partial charge in [0.15, 0.2) is 0 Å². The van der Waals surface area contributed by atoms with Crippen LogP contribution in [0, 0.1) is 5.92 Å². The van der Waals surface area contributed by atoms with Gasteiger partial charge in [-0.25, -0.2) is 0 Å².